The number of unbranched alkanes of at least 4 members (excludes halogenated alkanes) is 1. The van der Waals surface area contributed by atoms with E-state index in [1.807, 2.05) is 36.4 Å². The minimum Gasteiger partial charge on any atom is -0.481 e. The lowest BCUT2D eigenvalue weighted by Crippen LogP contribution is -2.37. The van der Waals surface area contributed by atoms with Crippen LogP contribution in [0.25, 0.3) is 0 Å². The zero-order valence-corrected chi connectivity index (χ0v) is 17.0. The van der Waals surface area contributed by atoms with Gasteiger partial charge in [-0.3, -0.25) is 9.59 Å². The first kappa shape index (κ1) is 22.5. The molecule has 0 radical (unpaired) electrons. The number of carbonyl (C=O) groups excluding carboxylic acids is 1. The predicted molar refractivity (Wildman–Crippen MR) is 109 cm³/mol. The van der Waals surface area contributed by atoms with Crippen LogP contribution in [0.5, 0.6) is 5.75 Å². The molecule has 7 heteroatoms. The van der Waals surface area contributed by atoms with Crippen LogP contribution in [0.1, 0.15) is 50.5 Å². The molecule has 1 fully saturated rings. The van der Waals surface area contributed by atoms with Crippen LogP contribution in [0.15, 0.2) is 36.4 Å². The van der Waals surface area contributed by atoms with Crippen molar-refractivity contribution in [2.75, 3.05) is 0 Å². The van der Waals surface area contributed by atoms with Gasteiger partial charge in [0.15, 0.2) is 0 Å². The van der Waals surface area contributed by atoms with Crippen LogP contribution in [0, 0.1) is 11.8 Å². The molecule has 0 saturated heterocycles. The van der Waals surface area contributed by atoms with E-state index in [4.69, 9.17) is 14.6 Å². The van der Waals surface area contributed by atoms with E-state index in [9.17, 15) is 19.8 Å². The minimum absolute atomic E-state index is 0.0382. The molecule has 1 saturated carbocycles. The normalized spacial score (nSPS) is 27.1. The molecule has 1 aliphatic heterocycles. The van der Waals surface area contributed by atoms with Gasteiger partial charge >= 0.3 is 5.97 Å². The zero-order chi connectivity index (χ0) is 21.5. The monoisotopic (exact) mass is 418 g/mol. The minimum atomic E-state index is -0.853. The third kappa shape index (κ3) is 5.90. The van der Waals surface area contributed by atoms with Crippen molar-refractivity contribution in [3.8, 4) is 5.75 Å². The molecule has 0 aromatic heterocycles. The number of carbonyl (C=O) groups is 2. The Bertz CT molecular complexity index is 760. The van der Waals surface area contributed by atoms with Crippen molar-refractivity contribution < 1.29 is 34.4 Å². The number of carboxylic acid groups (broad SMARTS) is 1. The molecule has 1 aliphatic carbocycles. The molecule has 1 aromatic rings. The predicted octanol–water partition coefficient (Wildman–Crippen LogP) is 2.83. The molecule has 2 aliphatic rings. The average Bonchev–Trinajstić information content (AvgIpc) is 3.00. The summed E-state index contributed by atoms with van der Waals surface area (Å²) < 4.78 is 11.4. The van der Waals surface area contributed by atoms with Crippen LogP contribution >= 0.6 is 0 Å². The second kappa shape index (κ2) is 10.7. The van der Waals surface area contributed by atoms with Crippen molar-refractivity contribution >= 4 is 11.8 Å². The molecule has 3 N–H and O–H groups in total. The highest BCUT2D eigenvalue weighted by molar-refractivity contribution is 5.84. The van der Waals surface area contributed by atoms with Gasteiger partial charge in [-0.1, -0.05) is 30.4 Å². The first-order chi connectivity index (χ1) is 14.5. The summed E-state index contributed by atoms with van der Waals surface area (Å²) in [6.07, 6.45) is 4.34. The molecule has 0 unspecified atom stereocenters. The molecule has 164 valence electrons. The Morgan fingerprint density at radius 2 is 2.07 bits per heavy atom. The summed E-state index contributed by atoms with van der Waals surface area (Å²) in [5.74, 6) is -0.569. The van der Waals surface area contributed by atoms with E-state index in [0.29, 0.717) is 44.5 Å². The second-order valence-corrected chi connectivity index (χ2v) is 8.05. The maximum atomic E-state index is 12.3. The third-order valence-corrected chi connectivity index (χ3v) is 5.88. The van der Waals surface area contributed by atoms with E-state index in [-0.39, 0.29) is 30.5 Å². The Balaban J connectivity index is 1.48. The summed E-state index contributed by atoms with van der Waals surface area (Å²) in [5.41, 5.74) is 0.938. The fraction of sp³-hybridized carbons (Fsp3) is 0.565. The van der Waals surface area contributed by atoms with Crippen molar-refractivity contribution in [1.29, 1.82) is 0 Å². The summed E-state index contributed by atoms with van der Waals surface area (Å²) in [5, 5.41) is 29.5. The summed E-state index contributed by atoms with van der Waals surface area (Å²) in [6, 6.07) is 7.53. The van der Waals surface area contributed by atoms with Crippen LogP contribution in [-0.2, 0) is 20.9 Å². The Morgan fingerprint density at radius 3 is 2.87 bits per heavy atom. The van der Waals surface area contributed by atoms with E-state index in [1.54, 1.807) is 0 Å². The molecule has 30 heavy (non-hydrogen) atoms. The van der Waals surface area contributed by atoms with Crippen LogP contribution in [0.2, 0.25) is 0 Å². The van der Waals surface area contributed by atoms with Gasteiger partial charge in [0.25, 0.3) is 0 Å². The smallest absolute Gasteiger partial charge is 0.303 e. The number of rotatable bonds is 10. The first-order valence-electron chi connectivity index (χ1n) is 10.6. The van der Waals surface area contributed by atoms with Crippen molar-refractivity contribution in [3.05, 3.63) is 42.0 Å². The molecular weight excluding hydrogens is 388 g/mol. The highest BCUT2D eigenvalue weighted by Crippen LogP contribution is 2.36. The maximum Gasteiger partial charge on any atom is 0.303 e. The molecule has 3 rings (SSSR count). The molecule has 0 spiro atoms. The fourth-order valence-electron chi connectivity index (χ4n) is 4.21. The molecule has 5 atom stereocenters. The molecule has 1 aromatic carbocycles. The number of Topliss-reactive ketones (excluding diaryl/α,β-unsaturated/α-hetero) is 1. The molecule has 0 amide bonds. The highest BCUT2D eigenvalue weighted by atomic mass is 16.7. The van der Waals surface area contributed by atoms with Gasteiger partial charge < -0.3 is 24.8 Å². The van der Waals surface area contributed by atoms with Gasteiger partial charge in [-0.2, -0.15) is 0 Å². The van der Waals surface area contributed by atoms with E-state index >= 15 is 0 Å². The van der Waals surface area contributed by atoms with Gasteiger partial charge in [0.1, 0.15) is 17.6 Å². The standard InChI is InChI=1S/C23H30O7/c24-18(23-29-14-15-7-5-6-9-21(15)30-23)12-11-17-16(19(25)13-20(17)26)8-3-1-2-4-10-22(27)28/h1,3,5-7,9,16-18,20,23-24,26H,2,4,8,10-14H2,(H,27,28)/b3-1-/t16-,17-,18-,20-,23-/m1/s1. The number of benzene rings is 1. The lowest BCUT2D eigenvalue weighted by Gasteiger charge is -2.30. The van der Waals surface area contributed by atoms with Crippen LogP contribution in [0.3, 0.4) is 0 Å². The summed E-state index contributed by atoms with van der Waals surface area (Å²) in [7, 11) is 0. The Kier molecular flexibility index (Phi) is 8.01. The number of hydrogen-bond acceptors (Lipinski definition) is 6. The number of para-hydroxylation sites is 1. The van der Waals surface area contributed by atoms with Gasteiger partial charge in [-0.05, 0) is 44.1 Å². The van der Waals surface area contributed by atoms with Gasteiger partial charge in [-0.25, -0.2) is 0 Å². The van der Waals surface area contributed by atoms with E-state index in [2.05, 4.69) is 0 Å². The number of carboxylic acids is 1. The van der Waals surface area contributed by atoms with E-state index in [1.165, 1.54) is 0 Å². The SMILES string of the molecule is O=C(O)CCC/C=C\C[C@H]1C(=O)C[C@@H](O)[C@@H]1CC[C@@H](O)[C@@H]1OCc2ccccc2O1. The first-order valence-corrected chi connectivity index (χ1v) is 10.6. The largest absolute Gasteiger partial charge is 0.481 e. The van der Waals surface area contributed by atoms with Crippen LogP contribution in [-0.4, -0.2) is 45.6 Å². The van der Waals surface area contributed by atoms with Gasteiger partial charge in [0.05, 0.1) is 12.7 Å². The molecule has 0 bridgehead atoms. The lowest BCUT2D eigenvalue weighted by atomic mass is 9.86. The van der Waals surface area contributed by atoms with Crippen LogP contribution < -0.4 is 4.74 Å². The van der Waals surface area contributed by atoms with Gasteiger partial charge in [-0.15, -0.1) is 0 Å². The number of aliphatic carboxylic acids is 1. The van der Waals surface area contributed by atoms with E-state index < -0.39 is 24.5 Å². The number of aliphatic hydroxyl groups excluding tert-OH is 2. The Morgan fingerprint density at radius 1 is 1.27 bits per heavy atom. The number of aliphatic hydroxyl groups is 2. The average molecular weight is 418 g/mol. The summed E-state index contributed by atoms with van der Waals surface area (Å²) >= 11 is 0. The molecule has 1 heterocycles. The van der Waals surface area contributed by atoms with Crippen molar-refractivity contribution in [1.82, 2.24) is 0 Å². The third-order valence-electron chi connectivity index (χ3n) is 5.88. The van der Waals surface area contributed by atoms with Crippen molar-refractivity contribution in [3.63, 3.8) is 0 Å². The number of fused-ring (bicyclic) bond motifs is 1. The van der Waals surface area contributed by atoms with E-state index in [0.717, 1.165) is 5.56 Å². The fourth-order valence-corrected chi connectivity index (χ4v) is 4.21. The number of ether oxygens (including phenoxy) is 2. The lowest BCUT2D eigenvalue weighted by molar-refractivity contribution is -0.168. The molecular formula is C23H30O7. The topological polar surface area (TPSA) is 113 Å². The quantitative estimate of drug-likeness (QED) is 0.395. The van der Waals surface area contributed by atoms with Gasteiger partial charge in [0, 0.05) is 24.3 Å². The number of allylic oxidation sites excluding steroid dienone is 2. The number of hydrogen-bond donors (Lipinski definition) is 3. The highest BCUT2D eigenvalue weighted by Gasteiger charge is 2.41. The number of ketones is 1. The zero-order valence-electron chi connectivity index (χ0n) is 17.0. The van der Waals surface area contributed by atoms with Crippen molar-refractivity contribution in [2.45, 2.75) is 70.1 Å². The Labute approximate surface area is 176 Å². The molecule has 7 nitrogen and oxygen atoms in total. The summed E-state index contributed by atoms with van der Waals surface area (Å²) in [6.45, 7) is 0.373. The van der Waals surface area contributed by atoms with Gasteiger partial charge in [0.2, 0.25) is 6.29 Å². The Hall–Kier alpha value is -2.22. The second-order valence-electron chi connectivity index (χ2n) is 8.05. The van der Waals surface area contributed by atoms with Crippen molar-refractivity contribution in [2.24, 2.45) is 11.8 Å². The summed E-state index contributed by atoms with van der Waals surface area (Å²) in [4.78, 5) is 22.8. The van der Waals surface area contributed by atoms with Crippen LogP contribution in [0.4, 0.5) is 0 Å². The maximum absolute atomic E-state index is 12.3.